The number of sulfone groups is 1. The zero-order chi connectivity index (χ0) is 14.3. The van der Waals surface area contributed by atoms with Gasteiger partial charge >= 0.3 is 0 Å². The van der Waals surface area contributed by atoms with Crippen molar-refractivity contribution in [3.8, 4) is 0 Å². The Balaban J connectivity index is 2.25. The molecule has 0 aliphatic carbocycles. The van der Waals surface area contributed by atoms with Gasteiger partial charge in [0.15, 0.2) is 9.84 Å². The standard InChI is InChI=1S/C11H16N2O4S2/c1-11(6-7-18(14,15)8-11)13-19(16,17)10-4-2-9(12)3-5-10/h2-5,13H,6-8,12H2,1H3. The van der Waals surface area contributed by atoms with E-state index in [0.717, 1.165) is 0 Å². The van der Waals surface area contributed by atoms with Gasteiger partial charge in [-0.05, 0) is 37.6 Å². The summed E-state index contributed by atoms with van der Waals surface area (Å²) in [6.45, 7) is 1.60. The van der Waals surface area contributed by atoms with E-state index in [0.29, 0.717) is 5.69 Å². The molecule has 6 nitrogen and oxygen atoms in total. The van der Waals surface area contributed by atoms with Crippen LogP contribution in [0.3, 0.4) is 0 Å². The van der Waals surface area contributed by atoms with E-state index < -0.39 is 25.4 Å². The van der Waals surface area contributed by atoms with E-state index in [1.807, 2.05) is 0 Å². The van der Waals surface area contributed by atoms with Crippen LogP contribution in [-0.4, -0.2) is 33.9 Å². The summed E-state index contributed by atoms with van der Waals surface area (Å²) in [4.78, 5) is 0.0761. The van der Waals surface area contributed by atoms with E-state index in [1.165, 1.54) is 24.3 Å². The molecule has 0 bridgehead atoms. The van der Waals surface area contributed by atoms with Gasteiger partial charge in [-0.2, -0.15) is 0 Å². The van der Waals surface area contributed by atoms with Gasteiger partial charge in [-0.25, -0.2) is 21.6 Å². The van der Waals surface area contributed by atoms with Gasteiger partial charge in [0, 0.05) is 11.2 Å². The maximum Gasteiger partial charge on any atom is 0.241 e. The van der Waals surface area contributed by atoms with E-state index in [9.17, 15) is 16.8 Å². The molecule has 1 atom stereocenters. The number of hydrogen-bond acceptors (Lipinski definition) is 5. The molecule has 2 rings (SSSR count). The molecule has 0 saturated carbocycles. The molecule has 0 spiro atoms. The second-order valence-electron chi connectivity index (χ2n) is 5.08. The lowest BCUT2D eigenvalue weighted by Crippen LogP contribution is -2.46. The number of benzene rings is 1. The lowest BCUT2D eigenvalue weighted by molar-refractivity contribution is 0.462. The summed E-state index contributed by atoms with van der Waals surface area (Å²) in [6.07, 6.45) is 0.281. The third kappa shape index (κ3) is 3.26. The average Bonchev–Trinajstić information content (AvgIpc) is 2.52. The Hall–Kier alpha value is -1.12. The Kier molecular flexibility index (Phi) is 3.36. The lowest BCUT2D eigenvalue weighted by atomic mass is 10.0. The summed E-state index contributed by atoms with van der Waals surface area (Å²) in [6, 6.07) is 5.76. The van der Waals surface area contributed by atoms with Crippen molar-refractivity contribution in [1.82, 2.24) is 4.72 Å². The second-order valence-corrected chi connectivity index (χ2v) is 8.94. The minimum absolute atomic E-state index is 0.00770. The molecule has 19 heavy (non-hydrogen) atoms. The monoisotopic (exact) mass is 304 g/mol. The largest absolute Gasteiger partial charge is 0.399 e. The first-order valence-corrected chi connectivity index (χ1v) is 9.02. The summed E-state index contributed by atoms with van der Waals surface area (Å²) >= 11 is 0. The molecule has 1 saturated heterocycles. The van der Waals surface area contributed by atoms with Crippen LogP contribution in [0.2, 0.25) is 0 Å². The quantitative estimate of drug-likeness (QED) is 0.772. The van der Waals surface area contributed by atoms with Crippen LogP contribution < -0.4 is 10.5 Å². The van der Waals surface area contributed by atoms with Crippen LogP contribution in [0.15, 0.2) is 29.2 Å². The SMILES string of the molecule is CC1(NS(=O)(=O)c2ccc(N)cc2)CCS(=O)(=O)C1. The first-order valence-electron chi connectivity index (χ1n) is 5.72. The van der Waals surface area contributed by atoms with Crippen LogP contribution in [0.5, 0.6) is 0 Å². The van der Waals surface area contributed by atoms with Crippen molar-refractivity contribution in [3.63, 3.8) is 0 Å². The molecule has 1 heterocycles. The van der Waals surface area contributed by atoms with E-state index in [4.69, 9.17) is 5.73 Å². The van der Waals surface area contributed by atoms with Gasteiger partial charge in [-0.3, -0.25) is 0 Å². The molecule has 1 fully saturated rings. The zero-order valence-electron chi connectivity index (χ0n) is 10.5. The number of nitrogens with one attached hydrogen (secondary N) is 1. The number of rotatable bonds is 3. The molecular formula is C11H16N2O4S2. The van der Waals surface area contributed by atoms with E-state index in [1.54, 1.807) is 6.92 Å². The molecule has 1 aliphatic rings. The Morgan fingerprint density at radius 2 is 1.84 bits per heavy atom. The maximum atomic E-state index is 12.2. The summed E-state index contributed by atoms with van der Waals surface area (Å²) in [5, 5.41) is 0. The number of nitrogen functional groups attached to an aromatic ring is 1. The van der Waals surface area contributed by atoms with Crippen molar-refractivity contribution in [2.75, 3.05) is 17.2 Å². The highest BCUT2D eigenvalue weighted by Crippen LogP contribution is 2.25. The first kappa shape index (κ1) is 14.3. The van der Waals surface area contributed by atoms with Gasteiger partial charge in [0.1, 0.15) is 0 Å². The van der Waals surface area contributed by atoms with E-state index in [2.05, 4.69) is 4.72 Å². The number of sulfonamides is 1. The Bertz CT molecular complexity index is 680. The van der Waals surface area contributed by atoms with Crippen molar-refractivity contribution in [2.24, 2.45) is 0 Å². The Labute approximate surface area is 113 Å². The molecule has 0 aromatic heterocycles. The highest BCUT2D eigenvalue weighted by atomic mass is 32.2. The molecule has 106 valence electrons. The lowest BCUT2D eigenvalue weighted by Gasteiger charge is -2.23. The Morgan fingerprint density at radius 3 is 2.32 bits per heavy atom. The molecule has 1 aromatic carbocycles. The molecule has 1 aromatic rings. The molecule has 8 heteroatoms. The third-order valence-electron chi connectivity index (χ3n) is 3.07. The van der Waals surface area contributed by atoms with Crippen LogP contribution in [0.1, 0.15) is 13.3 Å². The molecule has 3 N–H and O–H groups in total. The number of nitrogens with two attached hydrogens (primary N) is 1. The van der Waals surface area contributed by atoms with Crippen molar-refractivity contribution in [3.05, 3.63) is 24.3 Å². The number of anilines is 1. The molecule has 1 unspecified atom stereocenters. The molecule has 0 amide bonds. The van der Waals surface area contributed by atoms with Crippen molar-refractivity contribution >= 4 is 25.5 Å². The van der Waals surface area contributed by atoms with Crippen molar-refractivity contribution in [1.29, 1.82) is 0 Å². The van der Waals surface area contributed by atoms with Gasteiger partial charge in [-0.15, -0.1) is 0 Å². The average molecular weight is 304 g/mol. The Morgan fingerprint density at radius 1 is 1.26 bits per heavy atom. The van der Waals surface area contributed by atoms with Gasteiger partial charge in [0.05, 0.1) is 16.4 Å². The van der Waals surface area contributed by atoms with Gasteiger partial charge in [0.2, 0.25) is 10.0 Å². The highest BCUT2D eigenvalue weighted by Gasteiger charge is 2.41. The van der Waals surface area contributed by atoms with Crippen LogP contribution in [-0.2, 0) is 19.9 Å². The normalized spacial score (nSPS) is 26.4. The topological polar surface area (TPSA) is 106 Å². The predicted octanol–water partition coefficient (Wildman–Crippen LogP) is 0.124. The van der Waals surface area contributed by atoms with Crippen molar-refractivity contribution in [2.45, 2.75) is 23.8 Å². The van der Waals surface area contributed by atoms with E-state index >= 15 is 0 Å². The van der Waals surface area contributed by atoms with Crippen LogP contribution in [0.4, 0.5) is 5.69 Å². The first-order chi connectivity index (χ1) is 8.62. The summed E-state index contributed by atoms with van der Waals surface area (Å²) in [5.74, 6) is -0.165. The van der Waals surface area contributed by atoms with Gasteiger partial charge in [-0.1, -0.05) is 0 Å². The fourth-order valence-electron chi connectivity index (χ4n) is 2.12. The smallest absolute Gasteiger partial charge is 0.241 e. The van der Waals surface area contributed by atoms with Crippen molar-refractivity contribution < 1.29 is 16.8 Å². The minimum atomic E-state index is -3.74. The second kappa shape index (κ2) is 4.46. The fraction of sp³-hybridized carbons (Fsp3) is 0.455. The van der Waals surface area contributed by atoms with Crippen LogP contribution >= 0.6 is 0 Å². The zero-order valence-corrected chi connectivity index (χ0v) is 12.1. The summed E-state index contributed by atoms with van der Waals surface area (Å²) in [7, 11) is -6.90. The number of hydrogen-bond donors (Lipinski definition) is 2. The predicted molar refractivity (Wildman–Crippen MR) is 72.9 cm³/mol. The molecule has 0 radical (unpaired) electrons. The van der Waals surface area contributed by atoms with Crippen LogP contribution in [0, 0.1) is 0 Å². The summed E-state index contributed by atoms with van der Waals surface area (Å²) < 4.78 is 49.7. The highest BCUT2D eigenvalue weighted by molar-refractivity contribution is 7.92. The van der Waals surface area contributed by atoms with E-state index in [-0.39, 0.29) is 22.8 Å². The third-order valence-corrected chi connectivity index (χ3v) is 6.63. The molecular weight excluding hydrogens is 288 g/mol. The fourth-order valence-corrected chi connectivity index (χ4v) is 5.74. The molecule has 1 aliphatic heterocycles. The van der Waals surface area contributed by atoms with Gasteiger partial charge < -0.3 is 5.73 Å². The maximum absolute atomic E-state index is 12.2. The van der Waals surface area contributed by atoms with Gasteiger partial charge in [0.25, 0.3) is 0 Å². The summed E-state index contributed by atoms with van der Waals surface area (Å²) in [5.41, 5.74) is 5.02. The minimum Gasteiger partial charge on any atom is -0.399 e. The van der Waals surface area contributed by atoms with Crippen LogP contribution in [0.25, 0.3) is 0 Å².